The Hall–Kier alpha value is -1.82. The fraction of sp³-hybridized carbons (Fsp3) is 0.409. The van der Waals surface area contributed by atoms with Crippen LogP contribution in [-0.2, 0) is 6.54 Å². The molecule has 0 radical (unpaired) electrons. The van der Waals surface area contributed by atoms with Crippen LogP contribution in [0.5, 0.6) is 0 Å². The minimum atomic E-state index is -0.310. The number of hydrogen-bond acceptors (Lipinski definition) is 2. The van der Waals surface area contributed by atoms with Crippen LogP contribution in [-0.4, -0.2) is 42.0 Å². The molecule has 0 aliphatic carbocycles. The molecule has 1 aliphatic heterocycles. The average molecular weight is 438 g/mol. The van der Waals surface area contributed by atoms with Crippen LogP contribution in [0.1, 0.15) is 36.9 Å². The van der Waals surface area contributed by atoms with Crippen molar-refractivity contribution in [3.8, 4) is 0 Å². The second-order valence-corrected chi connectivity index (χ2v) is 8.39. The van der Waals surface area contributed by atoms with Gasteiger partial charge in [0.2, 0.25) is 0 Å². The van der Waals surface area contributed by atoms with Crippen molar-refractivity contribution in [1.82, 2.24) is 15.1 Å². The van der Waals surface area contributed by atoms with Gasteiger partial charge in [-0.15, -0.1) is 0 Å². The molecule has 0 aromatic heterocycles. The number of likely N-dealkylation sites (tertiary alicyclic amines) is 1. The van der Waals surface area contributed by atoms with Crippen molar-refractivity contribution >= 4 is 29.2 Å². The van der Waals surface area contributed by atoms with E-state index in [0.29, 0.717) is 16.6 Å². The predicted molar refractivity (Wildman–Crippen MR) is 116 cm³/mol. The van der Waals surface area contributed by atoms with Crippen molar-refractivity contribution in [3.63, 3.8) is 0 Å². The van der Waals surface area contributed by atoms with Gasteiger partial charge >= 0.3 is 6.03 Å². The van der Waals surface area contributed by atoms with E-state index in [1.54, 1.807) is 12.1 Å². The molecule has 3 rings (SSSR count). The number of piperidine rings is 1. The van der Waals surface area contributed by atoms with E-state index in [4.69, 9.17) is 23.2 Å². The van der Waals surface area contributed by atoms with E-state index >= 15 is 0 Å². The molecule has 2 aromatic rings. The highest BCUT2D eigenvalue weighted by Crippen LogP contribution is 2.30. The van der Waals surface area contributed by atoms with Gasteiger partial charge in [-0.25, -0.2) is 9.18 Å². The van der Waals surface area contributed by atoms with Crippen LogP contribution >= 0.6 is 23.2 Å². The molecular formula is C22H26Cl2FN3O. The van der Waals surface area contributed by atoms with Gasteiger partial charge in [0, 0.05) is 12.6 Å². The van der Waals surface area contributed by atoms with E-state index in [1.165, 1.54) is 12.1 Å². The van der Waals surface area contributed by atoms with Gasteiger partial charge in [-0.2, -0.15) is 0 Å². The quantitative estimate of drug-likeness (QED) is 0.669. The molecule has 1 heterocycles. The smallest absolute Gasteiger partial charge is 0.318 e. The van der Waals surface area contributed by atoms with Gasteiger partial charge < -0.3 is 15.1 Å². The lowest BCUT2D eigenvalue weighted by Crippen LogP contribution is -2.50. The Bertz CT molecular complexity index is 856. The number of hydrogen-bond donors (Lipinski definition) is 1. The highest BCUT2D eigenvalue weighted by Gasteiger charge is 2.28. The van der Waals surface area contributed by atoms with E-state index in [-0.39, 0.29) is 23.9 Å². The molecule has 2 aromatic carbocycles. The van der Waals surface area contributed by atoms with Crippen molar-refractivity contribution in [2.75, 3.05) is 20.1 Å². The van der Waals surface area contributed by atoms with E-state index in [9.17, 15) is 9.18 Å². The normalized spacial score (nSPS) is 16.4. The zero-order chi connectivity index (χ0) is 21.0. The molecule has 1 unspecified atom stereocenters. The zero-order valence-electron chi connectivity index (χ0n) is 16.7. The van der Waals surface area contributed by atoms with E-state index < -0.39 is 0 Å². The zero-order valence-corrected chi connectivity index (χ0v) is 18.2. The fourth-order valence-corrected chi connectivity index (χ4v) is 4.18. The molecule has 4 nitrogen and oxygen atoms in total. The minimum Gasteiger partial charge on any atom is -0.331 e. The maximum Gasteiger partial charge on any atom is 0.318 e. The summed E-state index contributed by atoms with van der Waals surface area (Å²) in [5.41, 5.74) is 1.54. The Morgan fingerprint density at radius 3 is 2.62 bits per heavy atom. The number of amides is 2. The van der Waals surface area contributed by atoms with Gasteiger partial charge in [0.15, 0.2) is 0 Å². The highest BCUT2D eigenvalue weighted by atomic mass is 35.5. The van der Waals surface area contributed by atoms with Crippen LogP contribution in [0.4, 0.5) is 9.18 Å². The van der Waals surface area contributed by atoms with Gasteiger partial charge in [-0.05, 0) is 69.2 Å². The van der Waals surface area contributed by atoms with Crippen LogP contribution in [0.15, 0.2) is 42.5 Å². The molecule has 7 heteroatoms. The van der Waals surface area contributed by atoms with Gasteiger partial charge in [0.1, 0.15) is 5.82 Å². The molecular weight excluding hydrogens is 412 g/mol. The monoisotopic (exact) mass is 437 g/mol. The van der Waals surface area contributed by atoms with E-state index in [1.807, 2.05) is 30.0 Å². The summed E-state index contributed by atoms with van der Waals surface area (Å²) in [5.74, 6) is -0.301. The Morgan fingerprint density at radius 1 is 1.24 bits per heavy atom. The van der Waals surface area contributed by atoms with Crippen molar-refractivity contribution in [3.05, 3.63) is 69.5 Å². The minimum absolute atomic E-state index is 0.0940. The number of carbonyl (C=O) groups is 1. The van der Waals surface area contributed by atoms with E-state index in [0.717, 1.165) is 37.1 Å². The number of nitrogens with zero attached hydrogens (tertiary/aromatic N) is 2. The molecule has 1 N–H and O–H groups in total. The first-order chi connectivity index (χ1) is 13.8. The lowest BCUT2D eigenvalue weighted by molar-refractivity contribution is 0.125. The number of carbonyl (C=O) groups excluding carboxylic acids is 1. The molecule has 29 heavy (non-hydrogen) atoms. The molecule has 2 amide bonds. The summed E-state index contributed by atoms with van der Waals surface area (Å²) < 4.78 is 13.7. The third-order valence-electron chi connectivity index (χ3n) is 5.42. The summed E-state index contributed by atoms with van der Waals surface area (Å²) in [7, 11) is 2.08. The maximum absolute atomic E-state index is 13.7. The van der Waals surface area contributed by atoms with Crippen LogP contribution in [0.2, 0.25) is 10.0 Å². The summed E-state index contributed by atoms with van der Waals surface area (Å²) in [5, 5.41) is 3.94. The third kappa shape index (κ3) is 5.62. The van der Waals surface area contributed by atoms with Gasteiger partial charge in [-0.3, -0.25) is 0 Å². The van der Waals surface area contributed by atoms with Crippen LogP contribution < -0.4 is 5.32 Å². The first kappa shape index (κ1) is 21.9. The largest absolute Gasteiger partial charge is 0.331 e. The molecule has 1 saturated heterocycles. The lowest BCUT2D eigenvalue weighted by Gasteiger charge is -2.38. The molecule has 156 valence electrons. The van der Waals surface area contributed by atoms with Crippen molar-refractivity contribution in [2.45, 2.75) is 38.4 Å². The van der Waals surface area contributed by atoms with Crippen LogP contribution in [0, 0.1) is 5.82 Å². The molecule has 0 saturated carbocycles. The molecule has 1 aliphatic rings. The first-order valence-electron chi connectivity index (χ1n) is 9.79. The Kier molecular flexibility index (Phi) is 7.38. The topological polar surface area (TPSA) is 35.6 Å². The summed E-state index contributed by atoms with van der Waals surface area (Å²) in [6.07, 6.45) is 1.76. The molecule has 1 atom stereocenters. The van der Waals surface area contributed by atoms with Crippen molar-refractivity contribution in [1.29, 1.82) is 0 Å². The Balaban J connectivity index is 1.78. The maximum atomic E-state index is 13.7. The fourth-order valence-electron chi connectivity index (χ4n) is 3.71. The summed E-state index contributed by atoms with van der Waals surface area (Å²) >= 11 is 12.4. The highest BCUT2D eigenvalue weighted by molar-refractivity contribution is 6.42. The summed E-state index contributed by atoms with van der Waals surface area (Å²) in [6.45, 7) is 4.08. The molecule has 0 bridgehead atoms. The van der Waals surface area contributed by atoms with Gasteiger partial charge in [-0.1, -0.05) is 47.5 Å². The summed E-state index contributed by atoms with van der Waals surface area (Å²) in [4.78, 5) is 17.3. The summed E-state index contributed by atoms with van der Waals surface area (Å²) in [6, 6.07) is 11.4. The number of halogens is 3. The third-order valence-corrected chi connectivity index (χ3v) is 6.25. The molecule has 1 fully saturated rings. The van der Waals surface area contributed by atoms with Gasteiger partial charge in [0.05, 0.1) is 16.1 Å². The number of nitrogens with one attached hydrogen (secondary N) is 1. The predicted octanol–water partition coefficient (Wildman–Crippen LogP) is 5.50. The second kappa shape index (κ2) is 9.79. The number of urea groups is 1. The second-order valence-electron chi connectivity index (χ2n) is 7.61. The van der Waals surface area contributed by atoms with E-state index in [2.05, 4.69) is 17.3 Å². The van der Waals surface area contributed by atoms with Crippen molar-refractivity contribution < 1.29 is 9.18 Å². The Morgan fingerprint density at radius 2 is 1.93 bits per heavy atom. The standard InChI is InChI=1S/C22H26Cl2FN3O/c1-15(19-7-4-8-20(23)21(19)24)26-22(29)28(18-9-11-27(2)12-10-18)14-16-5-3-6-17(25)13-16/h3-8,13,15,18H,9-12,14H2,1-2H3,(H,26,29). The first-order valence-corrected chi connectivity index (χ1v) is 10.5. The van der Waals surface area contributed by atoms with Crippen LogP contribution in [0.3, 0.4) is 0 Å². The van der Waals surface area contributed by atoms with Crippen molar-refractivity contribution in [2.24, 2.45) is 0 Å². The Labute approximate surface area is 181 Å². The number of rotatable bonds is 5. The van der Waals surface area contributed by atoms with Gasteiger partial charge in [0.25, 0.3) is 0 Å². The van der Waals surface area contributed by atoms with Crippen LogP contribution in [0.25, 0.3) is 0 Å². The lowest BCUT2D eigenvalue weighted by atomic mass is 10.0. The molecule has 0 spiro atoms. The average Bonchev–Trinajstić information content (AvgIpc) is 2.69. The number of benzene rings is 2. The SMILES string of the molecule is CC(NC(=O)N(Cc1cccc(F)c1)C1CCN(C)CC1)c1cccc(Cl)c1Cl.